The van der Waals surface area contributed by atoms with E-state index in [1.165, 1.54) is 33.4 Å². The van der Waals surface area contributed by atoms with Crippen molar-refractivity contribution < 1.29 is 0 Å². The Balaban J connectivity index is 2.65. The van der Waals surface area contributed by atoms with E-state index in [9.17, 15) is 0 Å². The molecule has 0 amide bonds. The second kappa shape index (κ2) is 3.82. The van der Waals surface area contributed by atoms with E-state index in [1.54, 1.807) is 0 Å². The van der Waals surface area contributed by atoms with E-state index in [-0.39, 0.29) is 0 Å². The fraction of sp³-hybridized carbons (Fsp3) is 0.333. The number of allylic oxidation sites excluding steroid dienone is 4. The minimum Gasteiger partial charge on any atom is -0.398 e. The Labute approximate surface area is 97.7 Å². The van der Waals surface area contributed by atoms with Crippen LogP contribution in [0.5, 0.6) is 0 Å². The van der Waals surface area contributed by atoms with Gasteiger partial charge in [-0.3, -0.25) is 0 Å². The van der Waals surface area contributed by atoms with Gasteiger partial charge in [0.2, 0.25) is 0 Å². The molecule has 1 nitrogen and oxygen atoms in total. The quantitative estimate of drug-likeness (QED) is 0.701. The number of rotatable bonds is 1. The van der Waals surface area contributed by atoms with E-state index < -0.39 is 0 Å². The van der Waals surface area contributed by atoms with Crippen LogP contribution < -0.4 is 5.73 Å². The predicted octanol–water partition coefficient (Wildman–Crippen LogP) is 4.01. The zero-order valence-corrected chi connectivity index (χ0v) is 10.5. The molecular weight excluding hydrogens is 194 g/mol. The molecule has 0 heterocycles. The lowest BCUT2D eigenvalue weighted by atomic mass is 9.93. The maximum atomic E-state index is 6.19. The van der Waals surface area contributed by atoms with E-state index in [4.69, 9.17) is 5.73 Å². The van der Waals surface area contributed by atoms with E-state index in [0.29, 0.717) is 0 Å². The second-order valence-electron chi connectivity index (χ2n) is 4.79. The Bertz CT molecular complexity index is 504. The third-order valence-electron chi connectivity index (χ3n) is 3.34. The topological polar surface area (TPSA) is 26.0 Å². The van der Waals surface area contributed by atoms with Crippen LogP contribution in [0.3, 0.4) is 0 Å². The lowest BCUT2D eigenvalue weighted by molar-refractivity contribution is 1.25. The smallest absolute Gasteiger partial charge is 0.0423 e. The van der Waals surface area contributed by atoms with Crippen LogP contribution in [-0.4, -0.2) is 0 Å². The lowest BCUT2D eigenvalue weighted by Crippen LogP contribution is -1.99. The Morgan fingerprint density at radius 3 is 2.31 bits per heavy atom. The molecule has 1 heteroatoms. The molecule has 0 bridgehead atoms. The van der Waals surface area contributed by atoms with Crippen molar-refractivity contribution in [2.45, 2.75) is 34.1 Å². The molecule has 1 aromatic carbocycles. The van der Waals surface area contributed by atoms with Gasteiger partial charge in [-0.05, 0) is 56.9 Å². The summed E-state index contributed by atoms with van der Waals surface area (Å²) in [5, 5.41) is 0. The summed E-state index contributed by atoms with van der Waals surface area (Å²) in [6, 6.07) is 4.34. The van der Waals surface area contributed by atoms with E-state index >= 15 is 0 Å². The molecule has 1 aromatic rings. The summed E-state index contributed by atoms with van der Waals surface area (Å²) < 4.78 is 0. The van der Waals surface area contributed by atoms with Crippen LogP contribution in [0.25, 0.3) is 5.57 Å². The Kier molecular flexibility index (Phi) is 2.63. The molecule has 0 fully saturated rings. The van der Waals surface area contributed by atoms with Gasteiger partial charge in [-0.2, -0.15) is 0 Å². The van der Waals surface area contributed by atoms with Gasteiger partial charge < -0.3 is 5.73 Å². The van der Waals surface area contributed by atoms with Gasteiger partial charge in [0, 0.05) is 11.3 Å². The zero-order chi connectivity index (χ0) is 11.9. The van der Waals surface area contributed by atoms with E-state index in [2.05, 4.69) is 45.9 Å². The summed E-state index contributed by atoms with van der Waals surface area (Å²) in [4.78, 5) is 0. The molecule has 0 aliphatic heterocycles. The molecule has 0 radical (unpaired) electrons. The van der Waals surface area contributed by atoms with Gasteiger partial charge in [0.1, 0.15) is 0 Å². The maximum absolute atomic E-state index is 6.19. The SMILES string of the molecule is CC1=CCC(C)=C1c1cc(C)cc(C)c1N. The number of anilines is 1. The van der Waals surface area contributed by atoms with Gasteiger partial charge in [-0.25, -0.2) is 0 Å². The van der Waals surface area contributed by atoms with Crippen molar-refractivity contribution in [3.05, 3.63) is 46.0 Å². The molecule has 16 heavy (non-hydrogen) atoms. The van der Waals surface area contributed by atoms with Crippen molar-refractivity contribution in [3.8, 4) is 0 Å². The molecular formula is C15H19N. The highest BCUT2D eigenvalue weighted by Gasteiger charge is 2.16. The van der Waals surface area contributed by atoms with Crippen LogP contribution in [0.15, 0.2) is 29.4 Å². The lowest BCUT2D eigenvalue weighted by Gasteiger charge is -2.14. The van der Waals surface area contributed by atoms with Gasteiger partial charge >= 0.3 is 0 Å². The number of aryl methyl sites for hydroxylation is 2. The normalized spacial score (nSPS) is 15.6. The first-order valence-corrected chi connectivity index (χ1v) is 5.74. The van der Waals surface area contributed by atoms with Crippen LogP contribution in [0.4, 0.5) is 5.69 Å². The second-order valence-corrected chi connectivity index (χ2v) is 4.79. The number of nitrogens with two attached hydrogens (primary N) is 1. The highest BCUT2D eigenvalue weighted by Crippen LogP contribution is 2.37. The summed E-state index contributed by atoms with van der Waals surface area (Å²) in [7, 11) is 0. The summed E-state index contributed by atoms with van der Waals surface area (Å²) in [5.41, 5.74) is 14.9. The average Bonchev–Trinajstić information content (AvgIpc) is 2.53. The van der Waals surface area contributed by atoms with Crippen molar-refractivity contribution in [3.63, 3.8) is 0 Å². The molecule has 1 aliphatic carbocycles. The minimum absolute atomic E-state index is 0.926. The first-order valence-electron chi connectivity index (χ1n) is 5.74. The van der Waals surface area contributed by atoms with Gasteiger partial charge in [-0.1, -0.05) is 23.3 Å². The molecule has 0 aromatic heterocycles. The Morgan fingerprint density at radius 1 is 1.06 bits per heavy atom. The summed E-state index contributed by atoms with van der Waals surface area (Å²) in [6.45, 7) is 8.57. The van der Waals surface area contributed by atoms with Gasteiger partial charge in [0.05, 0.1) is 0 Å². The first-order chi connectivity index (χ1) is 7.50. The summed E-state index contributed by atoms with van der Waals surface area (Å²) in [6.07, 6.45) is 3.34. The third-order valence-corrected chi connectivity index (χ3v) is 3.34. The highest BCUT2D eigenvalue weighted by molar-refractivity contribution is 5.89. The van der Waals surface area contributed by atoms with Crippen LogP contribution in [0.2, 0.25) is 0 Å². The molecule has 0 saturated carbocycles. The maximum Gasteiger partial charge on any atom is 0.0423 e. The Morgan fingerprint density at radius 2 is 1.75 bits per heavy atom. The van der Waals surface area contributed by atoms with Crippen LogP contribution in [0, 0.1) is 13.8 Å². The number of nitrogen functional groups attached to an aromatic ring is 1. The van der Waals surface area contributed by atoms with Gasteiger partial charge in [0.25, 0.3) is 0 Å². The summed E-state index contributed by atoms with van der Waals surface area (Å²) in [5.74, 6) is 0. The summed E-state index contributed by atoms with van der Waals surface area (Å²) >= 11 is 0. The molecule has 0 spiro atoms. The molecule has 1 aliphatic rings. The van der Waals surface area contributed by atoms with Crippen molar-refractivity contribution in [2.75, 3.05) is 5.73 Å². The zero-order valence-electron chi connectivity index (χ0n) is 10.5. The van der Waals surface area contributed by atoms with Crippen molar-refractivity contribution >= 4 is 11.3 Å². The third kappa shape index (κ3) is 1.67. The largest absolute Gasteiger partial charge is 0.398 e. The molecule has 0 unspecified atom stereocenters. The molecule has 0 saturated heterocycles. The fourth-order valence-corrected chi connectivity index (χ4v) is 2.47. The molecule has 84 valence electrons. The van der Waals surface area contributed by atoms with Crippen LogP contribution >= 0.6 is 0 Å². The standard InChI is InChI=1S/C15H19N/c1-9-7-12(4)15(16)13(8-9)14-10(2)5-6-11(14)3/h5,7-8H,6,16H2,1-4H3. The number of hydrogen-bond donors (Lipinski definition) is 1. The van der Waals surface area contributed by atoms with Gasteiger partial charge in [0.15, 0.2) is 0 Å². The van der Waals surface area contributed by atoms with E-state index in [0.717, 1.165) is 12.1 Å². The predicted molar refractivity (Wildman–Crippen MR) is 71.3 cm³/mol. The first kappa shape index (κ1) is 11.0. The average molecular weight is 213 g/mol. The number of hydrogen-bond acceptors (Lipinski definition) is 1. The minimum atomic E-state index is 0.926. The molecule has 2 rings (SSSR count). The molecule has 2 N–H and O–H groups in total. The van der Waals surface area contributed by atoms with Crippen LogP contribution in [0.1, 0.15) is 37.0 Å². The Hall–Kier alpha value is -1.50. The monoisotopic (exact) mass is 213 g/mol. The van der Waals surface area contributed by atoms with Gasteiger partial charge in [-0.15, -0.1) is 0 Å². The molecule has 0 atom stereocenters. The number of benzene rings is 1. The van der Waals surface area contributed by atoms with Crippen molar-refractivity contribution in [1.29, 1.82) is 0 Å². The fourth-order valence-electron chi connectivity index (χ4n) is 2.47. The van der Waals surface area contributed by atoms with E-state index in [1.807, 2.05) is 0 Å². The highest BCUT2D eigenvalue weighted by atomic mass is 14.6. The van der Waals surface area contributed by atoms with Crippen molar-refractivity contribution in [2.24, 2.45) is 0 Å². The van der Waals surface area contributed by atoms with Crippen LogP contribution in [-0.2, 0) is 0 Å². The van der Waals surface area contributed by atoms with Crippen molar-refractivity contribution in [1.82, 2.24) is 0 Å².